The van der Waals surface area contributed by atoms with E-state index < -0.39 is 5.41 Å². The van der Waals surface area contributed by atoms with Gasteiger partial charge >= 0.3 is 0 Å². The second-order valence-electron chi connectivity index (χ2n) is 7.20. The van der Waals surface area contributed by atoms with Gasteiger partial charge in [0.2, 0.25) is 11.8 Å². The summed E-state index contributed by atoms with van der Waals surface area (Å²) in [5, 5.41) is 2.97. The number of aryl methyl sites for hydroxylation is 1. The van der Waals surface area contributed by atoms with Gasteiger partial charge in [0.15, 0.2) is 0 Å². The monoisotopic (exact) mass is 302 g/mol. The number of benzene rings is 1. The van der Waals surface area contributed by atoms with E-state index >= 15 is 0 Å². The molecule has 4 nitrogen and oxygen atoms in total. The third-order valence-corrected chi connectivity index (χ3v) is 4.01. The smallest absolute Gasteiger partial charge is 0.229 e. The third kappa shape index (κ3) is 4.09. The number of piperidine rings is 1. The molecule has 1 heterocycles. The van der Waals surface area contributed by atoms with Crippen LogP contribution in [0.4, 0.5) is 5.69 Å². The molecule has 1 saturated heterocycles. The summed E-state index contributed by atoms with van der Waals surface area (Å²) in [6.45, 7) is 9.04. The van der Waals surface area contributed by atoms with Crippen LogP contribution < -0.4 is 5.32 Å². The molecule has 1 N–H and O–H groups in total. The predicted octanol–water partition coefficient (Wildman–Crippen LogP) is 3.22. The van der Waals surface area contributed by atoms with Gasteiger partial charge in [-0.1, -0.05) is 32.9 Å². The van der Waals surface area contributed by atoms with Crippen molar-refractivity contribution in [2.24, 2.45) is 11.3 Å². The number of likely N-dealkylation sites (tertiary alicyclic amines) is 1. The summed E-state index contributed by atoms with van der Waals surface area (Å²) >= 11 is 0. The zero-order valence-electron chi connectivity index (χ0n) is 14.0. The van der Waals surface area contributed by atoms with Crippen molar-refractivity contribution in [3.8, 4) is 0 Å². The minimum absolute atomic E-state index is 0.0111. The van der Waals surface area contributed by atoms with E-state index in [1.54, 1.807) is 0 Å². The van der Waals surface area contributed by atoms with Gasteiger partial charge in [-0.15, -0.1) is 0 Å². The molecule has 2 rings (SSSR count). The van der Waals surface area contributed by atoms with Gasteiger partial charge in [0, 0.05) is 24.2 Å². The second-order valence-corrected chi connectivity index (χ2v) is 7.20. The molecule has 4 heteroatoms. The van der Waals surface area contributed by atoms with Gasteiger partial charge in [-0.2, -0.15) is 0 Å². The molecule has 1 aromatic rings. The van der Waals surface area contributed by atoms with E-state index in [0.29, 0.717) is 6.54 Å². The van der Waals surface area contributed by atoms with Crippen molar-refractivity contribution in [1.29, 1.82) is 0 Å². The molecule has 1 atom stereocenters. The maximum absolute atomic E-state index is 12.4. The Balaban J connectivity index is 2.00. The van der Waals surface area contributed by atoms with Gasteiger partial charge in [0.25, 0.3) is 0 Å². The number of rotatable bonds is 2. The molecule has 120 valence electrons. The fraction of sp³-hybridized carbons (Fsp3) is 0.556. The van der Waals surface area contributed by atoms with Crippen LogP contribution in [0.3, 0.4) is 0 Å². The highest BCUT2D eigenvalue weighted by molar-refractivity contribution is 5.93. The quantitative estimate of drug-likeness (QED) is 0.912. The van der Waals surface area contributed by atoms with Crippen molar-refractivity contribution >= 4 is 17.5 Å². The number of carbonyl (C=O) groups excluding carboxylic acids is 2. The normalized spacial score (nSPS) is 18.9. The molecule has 0 aromatic heterocycles. The Morgan fingerprint density at radius 2 is 2.00 bits per heavy atom. The molecule has 0 radical (unpaired) electrons. The number of hydrogen-bond acceptors (Lipinski definition) is 2. The molecule has 1 fully saturated rings. The number of nitrogens with one attached hydrogen (secondary N) is 1. The molecule has 0 saturated carbocycles. The summed E-state index contributed by atoms with van der Waals surface area (Å²) in [6, 6.07) is 7.78. The minimum Gasteiger partial charge on any atom is -0.341 e. The lowest BCUT2D eigenvalue weighted by molar-refractivity contribution is -0.142. The predicted molar refractivity (Wildman–Crippen MR) is 88.6 cm³/mol. The van der Waals surface area contributed by atoms with E-state index in [2.05, 4.69) is 5.32 Å². The first-order valence-corrected chi connectivity index (χ1v) is 7.94. The molecule has 22 heavy (non-hydrogen) atoms. The van der Waals surface area contributed by atoms with E-state index in [1.165, 1.54) is 0 Å². The lowest BCUT2D eigenvalue weighted by Gasteiger charge is -2.35. The Bertz CT molecular complexity index is 560. The molecular formula is C18H26N2O2. The molecular weight excluding hydrogens is 276 g/mol. The van der Waals surface area contributed by atoms with Crippen molar-refractivity contribution < 1.29 is 9.59 Å². The summed E-state index contributed by atoms with van der Waals surface area (Å²) < 4.78 is 0. The van der Waals surface area contributed by atoms with Crippen LogP contribution in [0.2, 0.25) is 0 Å². The first kappa shape index (κ1) is 16.5. The Hall–Kier alpha value is -1.84. The van der Waals surface area contributed by atoms with Gasteiger partial charge in [-0.25, -0.2) is 0 Å². The van der Waals surface area contributed by atoms with E-state index in [0.717, 1.165) is 30.6 Å². The molecule has 2 amide bonds. The number of anilines is 1. The summed E-state index contributed by atoms with van der Waals surface area (Å²) in [5.41, 5.74) is 1.55. The largest absolute Gasteiger partial charge is 0.341 e. The van der Waals surface area contributed by atoms with Crippen LogP contribution in [0.1, 0.15) is 39.2 Å². The van der Waals surface area contributed by atoms with E-state index in [1.807, 2.05) is 56.9 Å². The maximum atomic E-state index is 12.4. The van der Waals surface area contributed by atoms with E-state index in [4.69, 9.17) is 0 Å². The van der Waals surface area contributed by atoms with Gasteiger partial charge < -0.3 is 10.2 Å². The SMILES string of the molecule is Cc1cccc(NC(=O)[C@@H]2CCCN(C(=O)C(C)(C)C)C2)c1. The number of nitrogens with zero attached hydrogens (tertiary/aromatic N) is 1. The lowest BCUT2D eigenvalue weighted by Crippen LogP contribution is -2.47. The highest BCUT2D eigenvalue weighted by Gasteiger charge is 2.33. The van der Waals surface area contributed by atoms with Crippen LogP contribution in [-0.2, 0) is 9.59 Å². The van der Waals surface area contributed by atoms with Crippen LogP contribution in [0.5, 0.6) is 0 Å². The average molecular weight is 302 g/mol. The van der Waals surface area contributed by atoms with Gasteiger partial charge in [0.1, 0.15) is 0 Å². The molecule has 1 aliphatic rings. The van der Waals surface area contributed by atoms with Gasteiger partial charge in [-0.05, 0) is 37.5 Å². The second kappa shape index (κ2) is 6.51. The number of amides is 2. The Morgan fingerprint density at radius 1 is 1.27 bits per heavy atom. The van der Waals surface area contributed by atoms with Crippen LogP contribution in [-0.4, -0.2) is 29.8 Å². The van der Waals surface area contributed by atoms with Crippen molar-refractivity contribution in [3.63, 3.8) is 0 Å². The molecule has 1 aromatic carbocycles. The Labute approximate surface area is 132 Å². The zero-order valence-corrected chi connectivity index (χ0v) is 14.0. The van der Waals surface area contributed by atoms with Crippen molar-refractivity contribution in [2.75, 3.05) is 18.4 Å². The average Bonchev–Trinajstić information content (AvgIpc) is 2.45. The summed E-state index contributed by atoms with van der Waals surface area (Å²) in [7, 11) is 0. The van der Waals surface area contributed by atoms with E-state index in [9.17, 15) is 9.59 Å². The maximum Gasteiger partial charge on any atom is 0.229 e. The van der Waals surface area contributed by atoms with Gasteiger partial charge in [0.05, 0.1) is 5.92 Å². The fourth-order valence-electron chi connectivity index (χ4n) is 2.82. The molecule has 0 spiro atoms. The van der Waals surface area contributed by atoms with Crippen molar-refractivity contribution in [3.05, 3.63) is 29.8 Å². The molecule has 0 bridgehead atoms. The lowest BCUT2D eigenvalue weighted by atomic mass is 9.91. The highest BCUT2D eigenvalue weighted by Crippen LogP contribution is 2.24. The van der Waals surface area contributed by atoms with E-state index in [-0.39, 0.29) is 17.7 Å². The van der Waals surface area contributed by atoms with Gasteiger partial charge in [-0.3, -0.25) is 9.59 Å². The fourth-order valence-corrected chi connectivity index (χ4v) is 2.82. The van der Waals surface area contributed by atoms with Crippen LogP contribution in [0.25, 0.3) is 0 Å². The molecule has 0 aliphatic carbocycles. The number of carbonyl (C=O) groups is 2. The van der Waals surface area contributed by atoms with Crippen LogP contribution in [0.15, 0.2) is 24.3 Å². The first-order valence-electron chi connectivity index (χ1n) is 7.94. The third-order valence-electron chi connectivity index (χ3n) is 4.01. The van der Waals surface area contributed by atoms with Crippen LogP contribution >= 0.6 is 0 Å². The van der Waals surface area contributed by atoms with Crippen molar-refractivity contribution in [1.82, 2.24) is 4.90 Å². The highest BCUT2D eigenvalue weighted by atomic mass is 16.2. The summed E-state index contributed by atoms with van der Waals surface area (Å²) in [4.78, 5) is 26.7. The molecule has 1 aliphatic heterocycles. The topological polar surface area (TPSA) is 49.4 Å². The summed E-state index contributed by atoms with van der Waals surface area (Å²) in [6.07, 6.45) is 1.72. The summed E-state index contributed by atoms with van der Waals surface area (Å²) in [5.74, 6) is 0.0122. The zero-order chi connectivity index (χ0) is 16.3. The van der Waals surface area contributed by atoms with Crippen LogP contribution in [0, 0.1) is 18.3 Å². The number of hydrogen-bond donors (Lipinski definition) is 1. The first-order chi connectivity index (χ1) is 10.3. The standard InChI is InChI=1S/C18H26N2O2/c1-13-7-5-9-15(11-13)19-16(21)14-8-6-10-20(12-14)17(22)18(2,3)4/h5,7,9,11,14H,6,8,10,12H2,1-4H3,(H,19,21)/t14-/m1/s1. The molecule has 0 unspecified atom stereocenters. The Kier molecular flexibility index (Phi) is 4.89. The minimum atomic E-state index is -0.394. The Morgan fingerprint density at radius 3 is 2.64 bits per heavy atom. The van der Waals surface area contributed by atoms with Crippen molar-refractivity contribution in [2.45, 2.75) is 40.5 Å².